The van der Waals surface area contributed by atoms with Crippen molar-refractivity contribution < 1.29 is 9.21 Å². The van der Waals surface area contributed by atoms with Crippen LogP contribution in [0.3, 0.4) is 0 Å². The van der Waals surface area contributed by atoms with E-state index in [2.05, 4.69) is 4.98 Å². The smallest absolute Gasteiger partial charge is 0.193 e. The average molecular weight is 154 g/mol. The Morgan fingerprint density at radius 3 is 3.18 bits per heavy atom. The molecule has 2 N–H and O–H groups in total. The number of hydrogen-bond donors (Lipinski definition) is 1. The van der Waals surface area contributed by atoms with Gasteiger partial charge in [0, 0.05) is 6.42 Å². The van der Waals surface area contributed by atoms with Gasteiger partial charge in [-0.25, -0.2) is 4.98 Å². The molecule has 4 heteroatoms. The highest BCUT2D eigenvalue weighted by molar-refractivity contribution is 5.56. The molecule has 0 fully saturated rings. The van der Waals surface area contributed by atoms with Gasteiger partial charge in [-0.3, -0.25) is 0 Å². The standard InChI is InChI=1S/C7H10N2O2/c8-6(5-10)1-2-7-9-3-4-11-7/h3-6H,1-2,8H2. The van der Waals surface area contributed by atoms with Crippen molar-refractivity contribution in [3.63, 3.8) is 0 Å². The number of hydrogen-bond acceptors (Lipinski definition) is 4. The molecule has 1 aromatic heterocycles. The minimum Gasteiger partial charge on any atom is -0.449 e. The zero-order chi connectivity index (χ0) is 8.10. The van der Waals surface area contributed by atoms with E-state index in [-0.39, 0.29) is 0 Å². The largest absolute Gasteiger partial charge is 0.449 e. The number of oxazole rings is 1. The van der Waals surface area contributed by atoms with Gasteiger partial charge >= 0.3 is 0 Å². The van der Waals surface area contributed by atoms with E-state index in [1.807, 2.05) is 0 Å². The van der Waals surface area contributed by atoms with Crippen molar-refractivity contribution in [2.45, 2.75) is 18.9 Å². The third kappa shape index (κ3) is 2.51. The Morgan fingerprint density at radius 1 is 1.82 bits per heavy atom. The van der Waals surface area contributed by atoms with E-state index in [1.165, 1.54) is 6.26 Å². The normalized spacial score (nSPS) is 12.8. The van der Waals surface area contributed by atoms with Crippen LogP contribution in [0.25, 0.3) is 0 Å². The number of rotatable bonds is 4. The molecule has 1 aromatic rings. The van der Waals surface area contributed by atoms with Crippen molar-refractivity contribution in [2.24, 2.45) is 5.73 Å². The van der Waals surface area contributed by atoms with Crippen LogP contribution in [0.15, 0.2) is 16.9 Å². The molecule has 0 saturated heterocycles. The first-order chi connectivity index (χ1) is 5.33. The zero-order valence-corrected chi connectivity index (χ0v) is 6.06. The summed E-state index contributed by atoms with van der Waals surface area (Å²) in [7, 11) is 0. The van der Waals surface area contributed by atoms with Crippen molar-refractivity contribution in [1.82, 2.24) is 4.98 Å². The lowest BCUT2D eigenvalue weighted by molar-refractivity contribution is -0.109. The van der Waals surface area contributed by atoms with E-state index in [0.29, 0.717) is 18.7 Å². The number of aldehydes is 1. The maximum absolute atomic E-state index is 10.1. The van der Waals surface area contributed by atoms with Crippen molar-refractivity contribution in [1.29, 1.82) is 0 Å². The van der Waals surface area contributed by atoms with E-state index in [1.54, 1.807) is 6.20 Å². The molecular weight excluding hydrogens is 144 g/mol. The minimum absolute atomic E-state index is 0.401. The SMILES string of the molecule is NC(C=O)CCc1ncco1. The van der Waals surface area contributed by atoms with Crippen molar-refractivity contribution in [3.05, 3.63) is 18.4 Å². The number of aromatic nitrogens is 1. The number of carbonyl (C=O) groups is 1. The van der Waals surface area contributed by atoms with Gasteiger partial charge in [-0.15, -0.1) is 0 Å². The Hall–Kier alpha value is -1.16. The molecule has 60 valence electrons. The van der Waals surface area contributed by atoms with Crippen LogP contribution < -0.4 is 5.73 Å². The summed E-state index contributed by atoms with van der Waals surface area (Å²) >= 11 is 0. The second-order valence-corrected chi connectivity index (χ2v) is 2.26. The molecule has 1 unspecified atom stereocenters. The summed E-state index contributed by atoms with van der Waals surface area (Å²) in [6, 6.07) is -0.401. The predicted molar refractivity (Wildman–Crippen MR) is 38.9 cm³/mol. The van der Waals surface area contributed by atoms with Crippen LogP contribution in [0, 0.1) is 0 Å². The fourth-order valence-electron chi connectivity index (χ4n) is 0.735. The molecule has 0 bridgehead atoms. The lowest BCUT2D eigenvalue weighted by Crippen LogP contribution is -2.21. The lowest BCUT2D eigenvalue weighted by atomic mass is 10.2. The fraction of sp³-hybridized carbons (Fsp3) is 0.429. The summed E-state index contributed by atoms with van der Waals surface area (Å²) in [4.78, 5) is 14.0. The van der Waals surface area contributed by atoms with Gasteiger partial charge in [-0.1, -0.05) is 0 Å². The third-order valence-electron chi connectivity index (χ3n) is 1.35. The molecule has 1 atom stereocenters. The summed E-state index contributed by atoms with van der Waals surface area (Å²) in [5.41, 5.74) is 5.35. The molecule has 0 radical (unpaired) electrons. The van der Waals surface area contributed by atoms with Gasteiger partial charge in [-0.05, 0) is 6.42 Å². The molecule has 0 aliphatic rings. The van der Waals surface area contributed by atoms with E-state index in [4.69, 9.17) is 10.2 Å². The average Bonchev–Trinajstić information content (AvgIpc) is 2.52. The monoisotopic (exact) mass is 154 g/mol. The molecule has 1 heterocycles. The summed E-state index contributed by atoms with van der Waals surface area (Å²) < 4.78 is 4.95. The Kier molecular flexibility index (Phi) is 2.80. The van der Waals surface area contributed by atoms with Gasteiger partial charge < -0.3 is 14.9 Å². The van der Waals surface area contributed by atoms with Gasteiger partial charge in [0.05, 0.1) is 12.2 Å². The molecule has 1 rings (SSSR count). The van der Waals surface area contributed by atoms with E-state index >= 15 is 0 Å². The van der Waals surface area contributed by atoms with Crippen LogP contribution in [0.5, 0.6) is 0 Å². The molecule has 0 aliphatic carbocycles. The van der Waals surface area contributed by atoms with Crippen LogP contribution in [-0.2, 0) is 11.2 Å². The highest BCUT2D eigenvalue weighted by Crippen LogP contribution is 1.99. The molecule has 0 aromatic carbocycles. The van der Waals surface area contributed by atoms with Crippen molar-refractivity contribution in [3.8, 4) is 0 Å². The number of aryl methyl sites for hydroxylation is 1. The first kappa shape index (κ1) is 7.94. The zero-order valence-electron chi connectivity index (χ0n) is 6.06. The summed E-state index contributed by atoms with van der Waals surface area (Å²) in [6.07, 6.45) is 5.00. The topological polar surface area (TPSA) is 69.1 Å². The highest BCUT2D eigenvalue weighted by atomic mass is 16.3. The van der Waals surface area contributed by atoms with Gasteiger partial charge in [0.15, 0.2) is 5.89 Å². The number of nitrogens with two attached hydrogens (primary N) is 1. The van der Waals surface area contributed by atoms with Crippen LogP contribution >= 0.6 is 0 Å². The lowest BCUT2D eigenvalue weighted by Gasteiger charge is -1.98. The van der Waals surface area contributed by atoms with Crippen molar-refractivity contribution in [2.75, 3.05) is 0 Å². The first-order valence-electron chi connectivity index (χ1n) is 3.42. The van der Waals surface area contributed by atoms with Gasteiger partial charge in [0.1, 0.15) is 12.5 Å². The summed E-state index contributed by atoms with van der Waals surface area (Å²) in [5, 5.41) is 0. The fourth-order valence-corrected chi connectivity index (χ4v) is 0.735. The third-order valence-corrected chi connectivity index (χ3v) is 1.35. The molecular formula is C7H10N2O2. The second-order valence-electron chi connectivity index (χ2n) is 2.26. The maximum Gasteiger partial charge on any atom is 0.193 e. The molecule has 0 aliphatic heterocycles. The predicted octanol–water partition coefficient (Wildman–Crippen LogP) is 0.133. The maximum atomic E-state index is 10.1. The Bertz CT molecular complexity index is 208. The van der Waals surface area contributed by atoms with E-state index in [9.17, 15) is 4.79 Å². The van der Waals surface area contributed by atoms with Crippen LogP contribution in [0.2, 0.25) is 0 Å². The van der Waals surface area contributed by atoms with Gasteiger partial charge in [-0.2, -0.15) is 0 Å². The molecule has 0 amide bonds. The first-order valence-corrected chi connectivity index (χ1v) is 3.42. The molecule has 11 heavy (non-hydrogen) atoms. The van der Waals surface area contributed by atoms with E-state index in [0.717, 1.165) is 6.29 Å². The van der Waals surface area contributed by atoms with E-state index < -0.39 is 6.04 Å². The molecule has 0 spiro atoms. The van der Waals surface area contributed by atoms with Crippen LogP contribution in [0.4, 0.5) is 0 Å². The van der Waals surface area contributed by atoms with Crippen LogP contribution in [-0.4, -0.2) is 17.3 Å². The number of carbonyl (C=O) groups excluding carboxylic acids is 1. The van der Waals surface area contributed by atoms with Gasteiger partial charge in [0.25, 0.3) is 0 Å². The Labute approximate surface area is 64.4 Å². The Morgan fingerprint density at radius 2 is 2.64 bits per heavy atom. The summed E-state index contributed by atoms with van der Waals surface area (Å²) in [5.74, 6) is 0.627. The quantitative estimate of drug-likeness (QED) is 0.626. The highest BCUT2D eigenvalue weighted by Gasteiger charge is 2.02. The molecule has 0 saturated carbocycles. The number of nitrogens with zero attached hydrogens (tertiary/aromatic N) is 1. The molecule has 4 nitrogen and oxygen atoms in total. The summed E-state index contributed by atoms with van der Waals surface area (Å²) in [6.45, 7) is 0. The van der Waals surface area contributed by atoms with Gasteiger partial charge in [0.2, 0.25) is 0 Å². The second kappa shape index (κ2) is 3.88. The Balaban J connectivity index is 2.28. The van der Waals surface area contributed by atoms with Crippen molar-refractivity contribution >= 4 is 6.29 Å². The van der Waals surface area contributed by atoms with Crippen LogP contribution in [0.1, 0.15) is 12.3 Å². The minimum atomic E-state index is -0.401.